The molecule has 0 atom stereocenters. The van der Waals surface area contributed by atoms with E-state index in [-0.39, 0.29) is 11.8 Å². The van der Waals surface area contributed by atoms with E-state index in [0.29, 0.717) is 18.5 Å². The molecule has 0 saturated carbocycles. The second-order valence-electron chi connectivity index (χ2n) is 6.83. The first-order valence-corrected chi connectivity index (χ1v) is 10.5. The largest absolute Gasteiger partial charge is 0.322 e. The Morgan fingerprint density at radius 3 is 2.69 bits per heavy atom. The fourth-order valence-electron chi connectivity index (χ4n) is 3.22. The third kappa shape index (κ3) is 4.84. The summed E-state index contributed by atoms with van der Waals surface area (Å²) in [5.74, 6) is 0.776. The van der Waals surface area contributed by atoms with E-state index < -0.39 is 0 Å². The number of amides is 2. The average Bonchev–Trinajstić information content (AvgIpc) is 3.20. The van der Waals surface area contributed by atoms with Crippen LogP contribution in [0.3, 0.4) is 0 Å². The van der Waals surface area contributed by atoms with Gasteiger partial charge in [-0.25, -0.2) is 0 Å². The maximum atomic E-state index is 12.6. The number of aromatic nitrogens is 1. The number of pyridine rings is 1. The molecule has 29 heavy (non-hydrogen) atoms. The van der Waals surface area contributed by atoms with E-state index in [1.165, 1.54) is 5.56 Å². The van der Waals surface area contributed by atoms with Gasteiger partial charge in [0.2, 0.25) is 5.91 Å². The standard InChI is InChI=1S/C23H21N3O2S/c27-22-7-3-13-26(22)20-6-1-5-18(14-20)23(28)25-19-8-10-21(11-9-19)29-16-17-4-2-12-24-15-17/h1-2,4-6,8-12,14-15H,3,7,13,16H2,(H,25,28). The molecule has 6 heteroatoms. The molecule has 1 aliphatic rings. The molecule has 146 valence electrons. The van der Waals surface area contributed by atoms with Gasteiger partial charge in [-0.05, 0) is 60.5 Å². The van der Waals surface area contributed by atoms with Gasteiger partial charge in [0, 0.05) is 52.9 Å². The summed E-state index contributed by atoms with van der Waals surface area (Å²) in [7, 11) is 0. The van der Waals surface area contributed by atoms with Crippen LogP contribution < -0.4 is 10.2 Å². The Balaban J connectivity index is 1.38. The normalized spacial score (nSPS) is 13.5. The van der Waals surface area contributed by atoms with E-state index in [4.69, 9.17) is 0 Å². The predicted molar refractivity (Wildman–Crippen MR) is 116 cm³/mol. The Hall–Kier alpha value is -3.12. The van der Waals surface area contributed by atoms with Crippen molar-refractivity contribution in [2.45, 2.75) is 23.5 Å². The number of carbonyl (C=O) groups is 2. The van der Waals surface area contributed by atoms with Crippen LogP contribution >= 0.6 is 11.8 Å². The van der Waals surface area contributed by atoms with Crippen molar-refractivity contribution in [3.8, 4) is 0 Å². The summed E-state index contributed by atoms with van der Waals surface area (Å²) in [6.45, 7) is 0.710. The lowest BCUT2D eigenvalue weighted by Crippen LogP contribution is -2.24. The molecule has 1 aromatic heterocycles. The summed E-state index contributed by atoms with van der Waals surface area (Å²) in [4.78, 5) is 31.6. The predicted octanol–water partition coefficient (Wildman–Crippen LogP) is 4.75. The monoisotopic (exact) mass is 403 g/mol. The van der Waals surface area contributed by atoms with Crippen molar-refractivity contribution in [3.63, 3.8) is 0 Å². The second kappa shape index (κ2) is 8.92. The highest BCUT2D eigenvalue weighted by Gasteiger charge is 2.22. The van der Waals surface area contributed by atoms with Gasteiger partial charge in [-0.1, -0.05) is 12.1 Å². The zero-order valence-corrected chi connectivity index (χ0v) is 16.7. The molecule has 4 rings (SSSR count). The third-order valence-electron chi connectivity index (χ3n) is 4.73. The van der Waals surface area contributed by atoms with E-state index >= 15 is 0 Å². The average molecular weight is 404 g/mol. The molecule has 1 fully saturated rings. The molecule has 3 aromatic rings. The molecule has 1 saturated heterocycles. The summed E-state index contributed by atoms with van der Waals surface area (Å²) < 4.78 is 0. The van der Waals surface area contributed by atoms with Crippen LogP contribution in [0.1, 0.15) is 28.8 Å². The SMILES string of the molecule is O=C(Nc1ccc(SCc2cccnc2)cc1)c1cccc(N2CCCC2=O)c1. The fraction of sp³-hybridized carbons (Fsp3) is 0.174. The molecule has 5 nitrogen and oxygen atoms in total. The topological polar surface area (TPSA) is 62.3 Å². The van der Waals surface area contributed by atoms with E-state index in [0.717, 1.165) is 28.4 Å². The van der Waals surface area contributed by atoms with Crippen molar-refractivity contribution >= 4 is 35.0 Å². The smallest absolute Gasteiger partial charge is 0.255 e. The van der Waals surface area contributed by atoms with Crippen LogP contribution in [0.15, 0.2) is 78.0 Å². The number of anilines is 2. The maximum Gasteiger partial charge on any atom is 0.255 e. The number of rotatable bonds is 6. The molecular formula is C23H21N3O2S. The van der Waals surface area contributed by atoms with Gasteiger partial charge in [-0.3, -0.25) is 14.6 Å². The van der Waals surface area contributed by atoms with Crippen molar-refractivity contribution in [2.75, 3.05) is 16.8 Å². The first-order valence-electron chi connectivity index (χ1n) is 9.52. The molecular weight excluding hydrogens is 382 g/mol. The molecule has 0 spiro atoms. The molecule has 2 aromatic carbocycles. The lowest BCUT2D eigenvalue weighted by molar-refractivity contribution is -0.117. The molecule has 0 aliphatic carbocycles. The number of hydrogen-bond donors (Lipinski definition) is 1. The Morgan fingerprint density at radius 1 is 1.10 bits per heavy atom. The Bertz CT molecular complexity index is 1010. The van der Waals surface area contributed by atoms with Crippen molar-refractivity contribution in [3.05, 3.63) is 84.2 Å². The Labute approximate surface area is 174 Å². The highest BCUT2D eigenvalue weighted by atomic mass is 32.2. The van der Waals surface area contributed by atoms with Crippen molar-refractivity contribution in [1.29, 1.82) is 0 Å². The summed E-state index contributed by atoms with van der Waals surface area (Å²) >= 11 is 1.72. The van der Waals surface area contributed by atoms with Gasteiger partial charge >= 0.3 is 0 Å². The summed E-state index contributed by atoms with van der Waals surface area (Å²) in [6, 6.07) is 19.0. The molecule has 0 radical (unpaired) electrons. The fourth-order valence-corrected chi connectivity index (χ4v) is 4.06. The van der Waals surface area contributed by atoms with Gasteiger partial charge in [-0.15, -0.1) is 11.8 Å². The van der Waals surface area contributed by atoms with Crippen molar-refractivity contribution in [1.82, 2.24) is 4.98 Å². The number of benzene rings is 2. The summed E-state index contributed by atoms with van der Waals surface area (Å²) in [5.41, 5.74) is 3.23. The van der Waals surface area contributed by atoms with Crippen LogP contribution in [0, 0.1) is 0 Å². The molecule has 1 N–H and O–H groups in total. The lowest BCUT2D eigenvalue weighted by Gasteiger charge is -2.16. The lowest BCUT2D eigenvalue weighted by atomic mass is 10.1. The van der Waals surface area contributed by atoms with Gasteiger partial charge < -0.3 is 10.2 Å². The van der Waals surface area contributed by atoms with E-state index in [9.17, 15) is 9.59 Å². The van der Waals surface area contributed by atoms with Gasteiger partial charge in [0.1, 0.15) is 0 Å². The molecule has 2 heterocycles. The minimum Gasteiger partial charge on any atom is -0.322 e. The van der Waals surface area contributed by atoms with Crippen molar-refractivity contribution < 1.29 is 9.59 Å². The van der Waals surface area contributed by atoms with Crippen LogP contribution in [0.2, 0.25) is 0 Å². The quantitative estimate of drug-likeness (QED) is 0.603. The number of thioether (sulfide) groups is 1. The third-order valence-corrected chi connectivity index (χ3v) is 5.82. The van der Waals surface area contributed by atoms with Crippen molar-refractivity contribution in [2.24, 2.45) is 0 Å². The minimum atomic E-state index is -0.186. The molecule has 2 amide bonds. The number of nitrogens with one attached hydrogen (secondary N) is 1. The summed E-state index contributed by atoms with van der Waals surface area (Å²) in [5, 5.41) is 2.93. The summed E-state index contributed by atoms with van der Waals surface area (Å²) in [6.07, 6.45) is 5.07. The number of hydrogen-bond acceptors (Lipinski definition) is 4. The zero-order chi connectivity index (χ0) is 20.1. The molecule has 0 bridgehead atoms. The highest BCUT2D eigenvalue weighted by Crippen LogP contribution is 2.25. The number of carbonyl (C=O) groups excluding carboxylic acids is 2. The minimum absolute atomic E-state index is 0.113. The van der Waals surface area contributed by atoms with Crippen LogP contribution in [0.25, 0.3) is 0 Å². The first-order chi connectivity index (χ1) is 14.2. The molecule has 1 aliphatic heterocycles. The van der Waals surface area contributed by atoms with E-state index in [2.05, 4.69) is 16.4 Å². The molecule has 0 unspecified atom stereocenters. The Morgan fingerprint density at radius 2 is 1.97 bits per heavy atom. The van der Waals surface area contributed by atoms with Gasteiger partial charge in [-0.2, -0.15) is 0 Å². The van der Waals surface area contributed by atoms with Crippen LogP contribution in [-0.2, 0) is 10.5 Å². The number of nitrogens with zero attached hydrogens (tertiary/aromatic N) is 2. The van der Waals surface area contributed by atoms with Crippen LogP contribution in [0.5, 0.6) is 0 Å². The van der Waals surface area contributed by atoms with Crippen LogP contribution in [0.4, 0.5) is 11.4 Å². The van der Waals surface area contributed by atoms with E-state index in [1.54, 1.807) is 35.0 Å². The van der Waals surface area contributed by atoms with E-state index in [1.807, 2.05) is 48.7 Å². The van der Waals surface area contributed by atoms with Gasteiger partial charge in [0.15, 0.2) is 0 Å². The zero-order valence-electron chi connectivity index (χ0n) is 15.9. The van der Waals surface area contributed by atoms with Gasteiger partial charge in [0.05, 0.1) is 0 Å². The van der Waals surface area contributed by atoms with Crippen LogP contribution in [-0.4, -0.2) is 23.3 Å². The first kappa shape index (κ1) is 19.2. The second-order valence-corrected chi connectivity index (χ2v) is 7.88. The highest BCUT2D eigenvalue weighted by molar-refractivity contribution is 7.98. The Kier molecular flexibility index (Phi) is 5.91. The maximum absolute atomic E-state index is 12.6. The van der Waals surface area contributed by atoms with Gasteiger partial charge in [0.25, 0.3) is 5.91 Å².